The molecule has 3 rings (SSSR count). The van der Waals surface area contributed by atoms with Crippen molar-refractivity contribution in [3.05, 3.63) is 29.2 Å². The van der Waals surface area contributed by atoms with Crippen LogP contribution in [0.15, 0.2) is 18.6 Å². The van der Waals surface area contributed by atoms with Crippen LogP contribution in [0.5, 0.6) is 0 Å². The van der Waals surface area contributed by atoms with E-state index < -0.39 is 0 Å². The van der Waals surface area contributed by atoms with Crippen LogP contribution in [-0.4, -0.2) is 25.2 Å². The maximum atomic E-state index is 10.8. The molecule has 3 heterocycles. The van der Waals surface area contributed by atoms with Gasteiger partial charge in [-0.2, -0.15) is 0 Å². The standard InChI is InChI=1S/C11H10N4OS/c1-7-9(6-16)17-11-13-8(5-15(7)11)10-12-3-4-14(10)2/h3-6H,1-2H3. The molecule has 3 aromatic heterocycles. The van der Waals surface area contributed by atoms with Crippen molar-refractivity contribution in [2.24, 2.45) is 7.05 Å². The number of aromatic nitrogens is 4. The Kier molecular flexibility index (Phi) is 2.12. The first-order valence-electron chi connectivity index (χ1n) is 5.12. The summed E-state index contributed by atoms with van der Waals surface area (Å²) in [5.41, 5.74) is 1.75. The van der Waals surface area contributed by atoms with Gasteiger partial charge < -0.3 is 4.57 Å². The van der Waals surface area contributed by atoms with Crippen molar-refractivity contribution in [1.82, 2.24) is 18.9 Å². The number of aryl methyl sites for hydroxylation is 2. The molecule has 3 aromatic rings. The molecule has 0 atom stereocenters. The Morgan fingerprint density at radius 3 is 2.88 bits per heavy atom. The average Bonchev–Trinajstić information content (AvgIpc) is 2.95. The van der Waals surface area contributed by atoms with E-state index in [1.165, 1.54) is 11.3 Å². The number of hydrogen-bond donors (Lipinski definition) is 0. The molecule has 86 valence electrons. The average molecular weight is 246 g/mol. The second-order valence-electron chi connectivity index (χ2n) is 3.81. The predicted octanol–water partition coefficient (Wildman–Crippen LogP) is 1.92. The molecule has 0 bridgehead atoms. The van der Waals surface area contributed by atoms with Crippen LogP contribution in [0, 0.1) is 6.92 Å². The lowest BCUT2D eigenvalue weighted by Gasteiger charge is -1.95. The van der Waals surface area contributed by atoms with Crippen LogP contribution in [-0.2, 0) is 7.05 Å². The number of fused-ring (bicyclic) bond motifs is 1. The largest absolute Gasteiger partial charge is 0.333 e. The van der Waals surface area contributed by atoms with Crippen LogP contribution in [0.1, 0.15) is 15.4 Å². The fourth-order valence-electron chi connectivity index (χ4n) is 1.80. The normalized spacial score (nSPS) is 11.2. The summed E-state index contributed by atoms with van der Waals surface area (Å²) in [6.07, 6.45) is 6.41. The zero-order valence-electron chi connectivity index (χ0n) is 9.41. The van der Waals surface area contributed by atoms with E-state index in [0.717, 1.165) is 33.3 Å². The molecule has 0 N–H and O–H groups in total. The first-order valence-corrected chi connectivity index (χ1v) is 5.93. The minimum atomic E-state index is 0.721. The topological polar surface area (TPSA) is 52.2 Å². The lowest BCUT2D eigenvalue weighted by Crippen LogP contribution is -1.91. The molecule has 0 unspecified atom stereocenters. The summed E-state index contributed by atoms with van der Waals surface area (Å²) in [7, 11) is 1.93. The van der Waals surface area contributed by atoms with Gasteiger partial charge in [-0.15, -0.1) is 0 Å². The summed E-state index contributed by atoms with van der Waals surface area (Å²) in [5, 5.41) is 0. The molecule has 0 fully saturated rings. The van der Waals surface area contributed by atoms with Crippen molar-refractivity contribution in [3.63, 3.8) is 0 Å². The molecule has 0 amide bonds. The molecular formula is C11H10N4OS. The number of imidazole rings is 2. The van der Waals surface area contributed by atoms with Gasteiger partial charge in [-0.25, -0.2) is 9.97 Å². The first-order chi connectivity index (χ1) is 8.20. The highest BCUT2D eigenvalue weighted by Gasteiger charge is 2.13. The van der Waals surface area contributed by atoms with E-state index in [4.69, 9.17) is 0 Å². The molecule has 0 saturated heterocycles. The van der Waals surface area contributed by atoms with Gasteiger partial charge in [0.2, 0.25) is 0 Å². The molecule has 6 heteroatoms. The number of hydrogen-bond acceptors (Lipinski definition) is 4. The molecule has 0 saturated carbocycles. The van der Waals surface area contributed by atoms with Gasteiger partial charge in [0.15, 0.2) is 17.1 Å². The van der Waals surface area contributed by atoms with E-state index in [-0.39, 0.29) is 0 Å². The lowest BCUT2D eigenvalue weighted by atomic mass is 10.4. The minimum Gasteiger partial charge on any atom is -0.333 e. The van der Waals surface area contributed by atoms with E-state index in [9.17, 15) is 4.79 Å². The lowest BCUT2D eigenvalue weighted by molar-refractivity contribution is 0.112. The van der Waals surface area contributed by atoms with E-state index in [2.05, 4.69) is 9.97 Å². The summed E-state index contributed by atoms with van der Waals surface area (Å²) in [6.45, 7) is 1.91. The predicted molar refractivity (Wildman–Crippen MR) is 65.4 cm³/mol. The van der Waals surface area contributed by atoms with Crippen molar-refractivity contribution in [2.75, 3.05) is 0 Å². The van der Waals surface area contributed by atoms with Gasteiger partial charge >= 0.3 is 0 Å². The summed E-state index contributed by atoms with van der Waals surface area (Å²) in [5.74, 6) is 0.827. The highest BCUT2D eigenvalue weighted by atomic mass is 32.1. The first kappa shape index (κ1) is 10.2. The maximum absolute atomic E-state index is 10.8. The van der Waals surface area contributed by atoms with Crippen LogP contribution in [0.25, 0.3) is 16.5 Å². The van der Waals surface area contributed by atoms with Crippen LogP contribution >= 0.6 is 11.3 Å². The van der Waals surface area contributed by atoms with Crippen molar-refractivity contribution in [2.45, 2.75) is 6.92 Å². The van der Waals surface area contributed by atoms with Crippen LogP contribution < -0.4 is 0 Å². The molecule has 0 aromatic carbocycles. The Bertz CT molecular complexity index is 706. The third kappa shape index (κ3) is 1.41. The third-order valence-electron chi connectivity index (χ3n) is 2.75. The van der Waals surface area contributed by atoms with Crippen molar-refractivity contribution in [3.8, 4) is 11.5 Å². The molecule has 0 aliphatic rings. The summed E-state index contributed by atoms with van der Waals surface area (Å²) in [6, 6.07) is 0. The highest BCUT2D eigenvalue weighted by molar-refractivity contribution is 7.18. The molecular weight excluding hydrogens is 236 g/mol. The van der Waals surface area contributed by atoms with Gasteiger partial charge in [0, 0.05) is 31.3 Å². The Labute approximate surface area is 101 Å². The van der Waals surface area contributed by atoms with Crippen LogP contribution in [0.3, 0.4) is 0 Å². The van der Waals surface area contributed by atoms with Gasteiger partial charge in [-0.05, 0) is 6.92 Å². The molecule has 5 nitrogen and oxygen atoms in total. The van der Waals surface area contributed by atoms with Gasteiger partial charge in [-0.1, -0.05) is 11.3 Å². The van der Waals surface area contributed by atoms with E-state index in [0.29, 0.717) is 0 Å². The number of rotatable bonds is 2. The van der Waals surface area contributed by atoms with Gasteiger partial charge in [0.1, 0.15) is 5.69 Å². The van der Waals surface area contributed by atoms with E-state index in [1.807, 2.05) is 35.3 Å². The van der Waals surface area contributed by atoms with Crippen molar-refractivity contribution < 1.29 is 4.79 Å². The molecule has 17 heavy (non-hydrogen) atoms. The zero-order chi connectivity index (χ0) is 12.0. The molecule has 0 aliphatic carbocycles. The Morgan fingerprint density at radius 1 is 1.47 bits per heavy atom. The number of nitrogens with zero attached hydrogens (tertiary/aromatic N) is 4. The summed E-state index contributed by atoms with van der Waals surface area (Å²) >= 11 is 1.39. The Morgan fingerprint density at radius 2 is 2.29 bits per heavy atom. The van der Waals surface area contributed by atoms with E-state index >= 15 is 0 Å². The number of thiazole rings is 1. The fourth-order valence-corrected chi connectivity index (χ4v) is 2.72. The molecule has 0 aliphatic heterocycles. The highest BCUT2D eigenvalue weighted by Crippen LogP contribution is 2.24. The van der Waals surface area contributed by atoms with Crippen molar-refractivity contribution >= 4 is 22.6 Å². The number of aldehydes is 1. The van der Waals surface area contributed by atoms with Crippen LogP contribution in [0.4, 0.5) is 0 Å². The van der Waals surface area contributed by atoms with Gasteiger partial charge in [-0.3, -0.25) is 9.20 Å². The van der Waals surface area contributed by atoms with Gasteiger partial charge in [0.05, 0.1) is 4.88 Å². The smallest absolute Gasteiger partial charge is 0.195 e. The molecule has 0 spiro atoms. The van der Waals surface area contributed by atoms with Crippen LogP contribution in [0.2, 0.25) is 0 Å². The summed E-state index contributed by atoms with van der Waals surface area (Å²) < 4.78 is 3.85. The SMILES string of the molecule is Cc1c(C=O)sc2nc(-c3nccn3C)cn12. The van der Waals surface area contributed by atoms with Crippen molar-refractivity contribution in [1.29, 1.82) is 0 Å². The zero-order valence-corrected chi connectivity index (χ0v) is 10.2. The Balaban J connectivity index is 2.22. The second kappa shape index (κ2) is 3.53. The molecule has 0 radical (unpaired) electrons. The number of carbonyl (C=O) groups is 1. The monoisotopic (exact) mass is 246 g/mol. The van der Waals surface area contributed by atoms with Gasteiger partial charge in [0.25, 0.3) is 0 Å². The fraction of sp³-hybridized carbons (Fsp3) is 0.182. The Hall–Kier alpha value is -1.95. The quantitative estimate of drug-likeness (QED) is 0.649. The maximum Gasteiger partial charge on any atom is 0.195 e. The van der Waals surface area contributed by atoms with E-state index in [1.54, 1.807) is 6.20 Å². The number of carbonyl (C=O) groups excluding carboxylic acids is 1. The third-order valence-corrected chi connectivity index (χ3v) is 3.83. The minimum absolute atomic E-state index is 0.721. The summed E-state index contributed by atoms with van der Waals surface area (Å²) in [4.78, 5) is 21.1. The second-order valence-corrected chi connectivity index (χ2v) is 4.82.